The lowest BCUT2D eigenvalue weighted by Gasteiger charge is -2.29. The standard InChI is InChI=1S/C17H22N2O3/c1-16(2,3)22-13(20)7-6-11-8-12-9-17(4,5)15(21)19-14(12)18-10-11/h6-8,10H,9H2,1-5H3,(H,18,19,21)/b7-6-. The molecule has 0 spiro atoms. The Hall–Kier alpha value is -2.17. The van der Waals surface area contributed by atoms with Crippen LogP contribution < -0.4 is 5.32 Å². The van der Waals surface area contributed by atoms with Gasteiger partial charge in [-0.15, -0.1) is 0 Å². The predicted molar refractivity (Wildman–Crippen MR) is 85.2 cm³/mol. The summed E-state index contributed by atoms with van der Waals surface area (Å²) in [5.41, 5.74) is 0.805. The molecule has 0 atom stereocenters. The molecule has 1 aromatic heterocycles. The van der Waals surface area contributed by atoms with Crippen molar-refractivity contribution >= 4 is 23.8 Å². The van der Waals surface area contributed by atoms with Crippen LogP contribution >= 0.6 is 0 Å². The number of ether oxygens (including phenoxy) is 1. The zero-order valence-corrected chi connectivity index (χ0v) is 13.7. The van der Waals surface area contributed by atoms with Crippen molar-refractivity contribution in [2.45, 2.75) is 46.6 Å². The first kappa shape index (κ1) is 16.2. The van der Waals surface area contributed by atoms with Gasteiger partial charge in [-0.3, -0.25) is 4.79 Å². The molecule has 118 valence electrons. The van der Waals surface area contributed by atoms with Gasteiger partial charge in [0.25, 0.3) is 0 Å². The summed E-state index contributed by atoms with van der Waals surface area (Å²) in [6.45, 7) is 9.26. The fourth-order valence-corrected chi connectivity index (χ4v) is 2.20. The van der Waals surface area contributed by atoms with E-state index in [1.54, 1.807) is 12.3 Å². The summed E-state index contributed by atoms with van der Waals surface area (Å²) in [6.07, 6.45) is 5.31. The van der Waals surface area contributed by atoms with Gasteiger partial charge in [0, 0.05) is 17.7 Å². The molecule has 2 heterocycles. The van der Waals surface area contributed by atoms with Crippen LogP contribution in [0.2, 0.25) is 0 Å². The normalized spacial score (nSPS) is 17.0. The van der Waals surface area contributed by atoms with E-state index >= 15 is 0 Å². The molecule has 5 heteroatoms. The van der Waals surface area contributed by atoms with E-state index in [0.29, 0.717) is 12.2 Å². The van der Waals surface area contributed by atoms with E-state index in [1.807, 2.05) is 40.7 Å². The number of esters is 1. The fourth-order valence-electron chi connectivity index (χ4n) is 2.20. The summed E-state index contributed by atoms with van der Waals surface area (Å²) < 4.78 is 5.22. The number of anilines is 1. The molecular formula is C17H22N2O3. The second-order valence-electron chi connectivity index (χ2n) is 7.16. The predicted octanol–water partition coefficient (Wildman–Crippen LogP) is 2.96. The third kappa shape index (κ3) is 3.93. The number of carbonyl (C=O) groups is 2. The average molecular weight is 302 g/mol. The fraction of sp³-hybridized carbons (Fsp3) is 0.471. The van der Waals surface area contributed by atoms with E-state index in [9.17, 15) is 9.59 Å². The van der Waals surface area contributed by atoms with Crippen molar-refractivity contribution in [2.24, 2.45) is 5.41 Å². The van der Waals surface area contributed by atoms with Crippen molar-refractivity contribution in [3.63, 3.8) is 0 Å². The molecule has 2 rings (SSSR count). The van der Waals surface area contributed by atoms with Crippen molar-refractivity contribution in [1.82, 2.24) is 4.98 Å². The van der Waals surface area contributed by atoms with Crippen LogP contribution in [-0.4, -0.2) is 22.5 Å². The molecule has 0 saturated heterocycles. The van der Waals surface area contributed by atoms with Crippen LogP contribution in [0.3, 0.4) is 0 Å². The van der Waals surface area contributed by atoms with Crippen LogP contribution in [0.1, 0.15) is 45.7 Å². The van der Waals surface area contributed by atoms with E-state index in [1.165, 1.54) is 6.08 Å². The largest absolute Gasteiger partial charge is 0.457 e. The van der Waals surface area contributed by atoms with E-state index < -0.39 is 11.0 Å². The lowest BCUT2D eigenvalue weighted by molar-refractivity contribution is -0.148. The number of hydrogen-bond acceptors (Lipinski definition) is 4. The van der Waals surface area contributed by atoms with E-state index in [0.717, 1.165) is 11.1 Å². The summed E-state index contributed by atoms with van der Waals surface area (Å²) in [6, 6.07) is 1.93. The van der Waals surface area contributed by atoms with Crippen LogP contribution in [0, 0.1) is 5.41 Å². The van der Waals surface area contributed by atoms with Gasteiger partial charge >= 0.3 is 5.97 Å². The van der Waals surface area contributed by atoms with Crippen molar-refractivity contribution in [3.8, 4) is 0 Å². The van der Waals surface area contributed by atoms with E-state index in [-0.39, 0.29) is 11.9 Å². The minimum atomic E-state index is -0.510. The van der Waals surface area contributed by atoms with Gasteiger partial charge < -0.3 is 10.1 Å². The summed E-state index contributed by atoms with van der Waals surface area (Å²) >= 11 is 0. The molecule has 5 nitrogen and oxygen atoms in total. The van der Waals surface area contributed by atoms with Crippen LogP contribution in [0.4, 0.5) is 5.82 Å². The molecule has 0 unspecified atom stereocenters. The van der Waals surface area contributed by atoms with Crippen molar-refractivity contribution in [3.05, 3.63) is 29.5 Å². The zero-order chi connectivity index (χ0) is 16.5. The lowest BCUT2D eigenvalue weighted by Crippen LogP contribution is -2.37. The van der Waals surface area contributed by atoms with Crippen LogP contribution in [0.15, 0.2) is 18.3 Å². The van der Waals surface area contributed by atoms with Gasteiger partial charge in [-0.25, -0.2) is 9.78 Å². The van der Waals surface area contributed by atoms with Crippen LogP contribution in [0.25, 0.3) is 6.08 Å². The Kier molecular flexibility index (Phi) is 4.09. The smallest absolute Gasteiger partial charge is 0.331 e. The lowest BCUT2D eigenvalue weighted by atomic mass is 9.82. The molecule has 0 fully saturated rings. The summed E-state index contributed by atoms with van der Waals surface area (Å²) in [4.78, 5) is 27.8. The molecule has 22 heavy (non-hydrogen) atoms. The number of aromatic nitrogens is 1. The molecule has 0 saturated carbocycles. The number of rotatable bonds is 2. The molecular weight excluding hydrogens is 280 g/mol. The van der Waals surface area contributed by atoms with Crippen molar-refractivity contribution in [1.29, 1.82) is 0 Å². The number of amides is 1. The Balaban J connectivity index is 2.15. The zero-order valence-electron chi connectivity index (χ0n) is 13.7. The molecule has 1 aromatic rings. The highest BCUT2D eigenvalue weighted by atomic mass is 16.6. The summed E-state index contributed by atoms with van der Waals surface area (Å²) in [7, 11) is 0. The first-order valence-corrected chi connectivity index (χ1v) is 7.28. The van der Waals surface area contributed by atoms with Gasteiger partial charge in [-0.2, -0.15) is 0 Å². The maximum atomic E-state index is 11.9. The van der Waals surface area contributed by atoms with Gasteiger partial charge in [0.1, 0.15) is 11.4 Å². The van der Waals surface area contributed by atoms with E-state index in [2.05, 4.69) is 10.3 Å². The van der Waals surface area contributed by atoms with Crippen molar-refractivity contribution in [2.75, 3.05) is 5.32 Å². The SMILES string of the molecule is CC(C)(C)OC(=O)/C=C\c1cnc2c(c1)CC(C)(C)C(=O)N2. The molecule has 1 aliphatic rings. The maximum Gasteiger partial charge on any atom is 0.331 e. The third-order valence-electron chi connectivity index (χ3n) is 3.29. The number of nitrogens with one attached hydrogen (secondary N) is 1. The molecule has 0 aromatic carbocycles. The molecule has 0 radical (unpaired) electrons. The second-order valence-corrected chi connectivity index (χ2v) is 7.16. The Labute approximate surface area is 130 Å². The van der Waals surface area contributed by atoms with Gasteiger partial charge in [0.2, 0.25) is 5.91 Å². The third-order valence-corrected chi connectivity index (χ3v) is 3.29. The number of fused-ring (bicyclic) bond motifs is 1. The van der Waals surface area contributed by atoms with Crippen LogP contribution in [0.5, 0.6) is 0 Å². The summed E-state index contributed by atoms with van der Waals surface area (Å²) in [5.74, 6) is 0.183. The van der Waals surface area contributed by atoms with Gasteiger partial charge in [-0.1, -0.05) is 13.8 Å². The Morgan fingerprint density at radius 2 is 2.09 bits per heavy atom. The van der Waals surface area contributed by atoms with E-state index in [4.69, 9.17) is 4.74 Å². The number of pyridine rings is 1. The highest BCUT2D eigenvalue weighted by Crippen LogP contribution is 2.32. The molecule has 0 bridgehead atoms. The Morgan fingerprint density at radius 3 is 2.73 bits per heavy atom. The minimum absolute atomic E-state index is 0.0236. The maximum absolute atomic E-state index is 11.9. The quantitative estimate of drug-likeness (QED) is 0.673. The first-order valence-electron chi connectivity index (χ1n) is 7.28. The monoisotopic (exact) mass is 302 g/mol. The molecule has 1 N–H and O–H groups in total. The van der Waals surface area contributed by atoms with Gasteiger partial charge in [0.05, 0.1) is 0 Å². The number of carbonyl (C=O) groups excluding carboxylic acids is 2. The average Bonchev–Trinajstić information content (AvgIpc) is 2.35. The topological polar surface area (TPSA) is 68.3 Å². The molecule has 1 aliphatic heterocycles. The highest BCUT2D eigenvalue weighted by Gasteiger charge is 2.34. The molecule has 1 amide bonds. The van der Waals surface area contributed by atoms with Crippen LogP contribution in [-0.2, 0) is 20.7 Å². The van der Waals surface area contributed by atoms with Gasteiger partial charge in [0.15, 0.2) is 0 Å². The Morgan fingerprint density at radius 1 is 1.41 bits per heavy atom. The van der Waals surface area contributed by atoms with Gasteiger partial charge in [-0.05, 0) is 50.5 Å². The minimum Gasteiger partial charge on any atom is -0.457 e. The Bertz CT molecular complexity index is 640. The molecule has 0 aliphatic carbocycles. The van der Waals surface area contributed by atoms with Crippen molar-refractivity contribution < 1.29 is 14.3 Å². The number of hydrogen-bond donors (Lipinski definition) is 1. The summed E-state index contributed by atoms with van der Waals surface area (Å²) in [5, 5.41) is 2.81. The second kappa shape index (κ2) is 5.55. The first-order chi connectivity index (χ1) is 10.1. The number of nitrogens with zero attached hydrogens (tertiary/aromatic N) is 1. The highest BCUT2D eigenvalue weighted by molar-refractivity contribution is 5.97.